The number of nitrogens with one attached hydrogen (secondary N) is 2. The van der Waals surface area contributed by atoms with Gasteiger partial charge < -0.3 is 15.4 Å². The van der Waals surface area contributed by atoms with E-state index in [2.05, 4.69) is 56.8 Å². The maximum atomic E-state index is 5.48. The number of para-hydroxylation sites is 1. The molecule has 29 heavy (non-hydrogen) atoms. The van der Waals surface area contributed by atoms with E-state index >= 15 is 0 Å². The number of anilines is 1. The van der Waals surface area contributed by atoms with Crippen molar-refractivity contribution in [2.75, 3.05) is 32.1 Å². The van der Waals surface area contributed by atoms with Crippen LogP contribution in [0.25, 0.3) is 5.57 Å². The molecule has 2 aromatic rings. The van der Waals surface area contributed by atoms with Crippen LogP contribution >= 0.6 is 0 Å². The zero-order valence-corrected chi connectivity index (χ0v) is 17.1. The van der Waals surface area contributed by atoms with Gasteiger partial charge in [0.2, 0.25) is 0 Å². The van der Waals surface area contributed by atoms with Crippen molar-refractivity contribution in [3.8, 4) is 5.75 Å². The number of benzene rings is 1. The van der Waals surface area contributed by atoms with E-state index in [1.807, 2.05) is 24.3 Å². The molecule has 2 aliphatic heterocycles. The lowest BCUT2D eigenvalue weighted by Crippen LogP contribution is -2.41. The third-order valence-corrected chi connectivity index (χ3v) is 5.62. The van der Waals surface area contributed by atoms with E-state index in [9.17, 15) is 0 Å². The molecule has 1 fully saturated rings. The number of allylic oxidation sites excluding steroid dienone is 2. The van der Waals surface area contributed by atoms with Crippen molar-refractivity contribution in [3.05, 3.63) is 66.3 Å². The summed E-state index contributed by atoms with van der Waals surface area (Å²) in [4.78, 5) is 11.3. The van der Waals surface area contributed by atoms with Gasteiger partial charge in [-0.05, 0) is 30.5 Å². The van der Waals surface area contributed by atoms with E-state index in [4.69, 9.17) is 4.74 Å². The highest BCUT2D eigenvalue weighted by atomic mass is 16.5. The second kappa shape index (κ2) is 9.09. The van der Waals surface area contributed by atoms with Crippen LogP contribution in [0.4, 0.5) is 5.82 Å². The van der Waals surface area contributed by atoms with Crippen molar-refractivity contribution in [2.24, 2.45) is 0 Å². The van der Waals surface area contributed by atoms with E-state index in [1.165, 1.54) is 18.4 Å². The maximum absolute atomic E-state index is 5.48. The minimum atomic E-state index is 0.293. The van der Waals surface area contributed by atoms with Gasteiger partial charge in [-0.25, -0.2) is 9.97 Å². The first-order valence-electron chi connectivity index (χ1n) is 10.3. The lowest BCUT2D eigenvalue weighted by atomic mass is 10.00. The molecule has 6 heteroatoms. The molecule has 6 nitrogen and oxygen atoms in total. The third-order valence-electron chi connectivity index (χ3n) is 5.62. The normalized spacial score (nSPS) is 20.1. The molecule has 152 valence electrons. The summed E-state index contributed by atoms with van der Waals surface area (Å²) in [6, 6.07) is 10.1. The van der Waals surface area contributed by atoms with E-state index in [1.54, 1.807) is 13.4 Å². The Bertz CT molecular complexity index is 888. The number of hydrogen-bond donors (Lipinski definition) is 2. The standard InChI is InChI=1S/C23H29N5O/c1-17(19-7-3-4-8-21(19)29-2)14-24-22-13-20(26-16-27-22)18-9-10-23(25-15-18)28-11-5-6-12-28/h3-4,7-10,13,15-17,23,25H,5-6,11-12,14H2,1-2H3,(H,24,26,27)/t17-,23?/m1/s1. The minimum Gasteiger partial charge on any atom is -0.496 e. The summed E-state index contributed by atoms with van der Waals surface area (Å²) in [6.45, 7) is 5.27. The smallest absolute Gasteiger partial charge is 0.129 e. The Hall–Kier alpha value is -2.86. The molecule has 0 aliphatic carbocycles. The van der Waals surface area contributed by atoms with Gasteiger partial charge in [0.25, 0.3) is 0 Å². The van der Waals surface area contributed by atoms with Gasteiger partial charge in [-0.2, -0.15) is 0 Å². The van der Waals surface area contributed by atoms with Gasteiger partial charge in [-0.1, -0.05) is 31.2 Å². The lowest BCUT2D eigenvalue weighted by Gasteiger charge is -2.27. The van der Waals surface area contributed by atoms with E-state index in [-0.39, 0.29) is 0 Å². The average Bonchev–Trinajstić information content (AvgIpc) is 3.33. The van der Waals surface area contributed by atoms with E-state index in [0.29, 0.717) is 12.1 Å². The second-order valence-corrected chi connectivity index (χ2v) is 7.63. The van der Waals surface area contributed by atoms with Crippen molar-refractivity contribution in [1.82, 2.24) is 20.2 Å². The van der Waals surface area contributed by atoms with Crippen LogP contribution in [-0.4, -0.2) is 47.8 Å². The van der Waals surface area contributed by atoms with Crippen LogP contribution in [0.1, 0.15) is 36.9 Å². The molecular formula is C23H29N5O. The minimum absolute atomic E-state index is 0.293. The monoisotopic (exact) mass is 391 g/mol. The van der Waals surface area contributed by atoms with E-state index in [0.717, 1.165) is 42.5 Å². The maximum Gasteiger partial charge on any atom is 0.129 e. The van der Waals surface area contributed by atoms with Crippen molar-refractivity contribution in [2.45, 2.75) is 31.8 Å². The Kier molecular flexibility index (Phi) is 6.10. The first-order valence-corrected chi connectivity index (χ1v) is 10.3. The first-order chi connectivity index (χ1) is 14.2. The van der Waals surface area contributed by atoms with Crippen LogP contribution in [0, 0.1) is 0 Å². The molecule has 2 aliphatic rings. The second-order valence-electron chi connectivity index (χ2n) is 7.63. The number of hydrogen-bond acceptors (Lipinski definition) is 6. The molecule has 0 amide bonds. The Morgan fingerprint density at radius 3 is 2.83 bits per heavy atom. The van der Waals surface area contributed by atoms with Crippen LogP contribution < -0.4 is 15.4 Å². The summed E-state index contributed by atoms with van der Waals surface area (Å²) in [7, 11) is 1.71. The lowest BCUT2D eigenvalue weighted by molar-refractivity contribution is 0.262. The van der Waals surface area contributed by atoms with Gasteiger partial charge in [-0.3, -0.25) is 4.90 Å². The summed E-state index contributed by atoms with van der Waals surface area (Å²) in [5, 5.41) is 6.94. The predicted molar refractivity (Wildman–Crippen MR) is 117 cm³/mol. The molecule has 1 aromatic heterocycles. The van der Waals surface area contributed by atoms with Crippen LogP contribution in [-0.2, 0) is 0 Å². The number of methoxy groups -OCH3 is 1. The van der Waals surface area contributed by atoms with Gasteiger partial charge in [0.15, 0.2) is 0 Å². The number of dihydropyridines is 1. The quantitative estimate of drug-likeness (QED) is 0.752. The molecular weight excluding hydrogens is 362 g/mol. The van der Waals surface area contributed by atoms with Crippen LogP contribution in [0.2, 0.25) is 0 Å². The van der Waals surface area contributed by atoms with Crippen LogP contribution in [0.5, 0.6) is 5.75 Å². The summed E-state index contributed by atoms with van der Waals surface area (Å²) in [5.41, 5.74) is 3.17. The molecule has 2 atom stereocenters. The van der Waals surface area contributed by atoms with Crippen LogP contribution in [0.15, 0.2) is 55.0 Å². The molecule has 3 heterocycles. The van der Waals surface area contributed by atoms with Gasteiger partial charge >= 0.3 is 0 Å². The molecule has 0 spiro atoms. The number of likely N-dealkylation sites (tertiary alicyclic amines) is 1. The van der Waals surface area contributed by atoms with Crippen molar-refractivity contribution < 1.29 is 4.74 Å². The largest absolute Gasteiger partial charge is 0.496 e. The van der Waals surface area contributed by atoms with Gasteiger partial charge in [0, 0.05) is 43.4 Å². The highest BCUT2D eigenvalue weighted by Gasteiger charge is 2.20. The zero-order chi connectivity index (χ0) is 20.1. The highest BCUT2D eigenvalue weighted by molar-refractivity contribution is 5.73. The molecule has 0 saturated carbocycles. The Morgan fingerprint density at radius 1 is 1.24 bits per heavy atom. The Balaban J connectivity index is 1.38. The average molecular weight is 392 g/mol. The molecule has 1 aromatic carbocycles. The zero-order valence-electron chi connectivity index (χ0n) is 17.1. The Morgan fingerprint density at radius 2 is 2.07 bits per heavy atom. The summed E-state index contributed by atoms with van der Waals surface area (Å²) < 4.78 is 5.48. The molecule has 4 rings (SSSR count). The molecule has 0 radical (unpaired) electrons. The predicted octanol–water partition coefficient (Wildman–Crippen LogP) is 3.62. The topological polar surface area (TPSA) is 62.3 Å². The van der Waals surface area contributed by atoms with Gasteiger partial charge in [-0.15, -0.1) is 0 Å². The van der Waals surface area contributed by atoms with E-state index < -0.39 is 0 Å². The van der Waals surface area contributed by atoms with Crippen molar-refractivity contribution in [1.29, 1.82) is 0 Å². The van der Waals surface area contributed by atoms with Crippen molar-refractivity contribution >= 4 is 11.4 Å². The number of ether oxygens (including phenoxy) is 1. The fourth-order valence-corrected chi connectivity index (χ4v) is 3.93. The van der Waals surface area contributed by atoms with Crippen molar-refractivity contribution in [3.63, 3.8) is 0 Å². The fourth-order valence-electron chi connectivity index (χ4n) is 3.93. The van der Waals surface area contributed by atoms with Gasteiger partial charge in [0.1, 0.15) is 17.9 Å². The number of rotatable bonds is 7. The summed E-state index contributed by atoms with van der Waals surface area (Å²) in [5.74, 6) is 2.04. The summed E-state index contributed by atoms with van der Waals surface area (Å²) in [6.07, 6.45) is 10.9. The number of aromatic nitrogens is 2. The summed E-state index contributed by atoms with van der Waals surface area (Å²) >= 11 is 0. The highest BCUT2D eigenvalue weighted by Crippen LogP contribution is 2.26. The van der Waals surface area contributed by atoms with Crippen LogP contribution in [0.3, 0.4) is 0 Å². The fraction of sp³-hybridized carbons (Fsp3) is 0.391. The SMILES string of the molecule is COc1ccccc1[C@H](C)CNc1cc(C2=CNC(N3CCCC3)C=C2)ncn1. The molecule has 1 unspecified atom stereocenters. The molecule has 1 saturated heterocycles. The number of nitrogens with zero attached hydrogens (tertiary/aromatic N) is 3. The molecule has 0 bridgehead atoms. The third kappa shape index (κ3) is 4.59. The molecule has 2 N–H and O–H groups in total. The van der Waals surface area contributed by atoms with Gasteiger partial charge in [0.05, 0.1) is 19.0 Å². The Labute approximate surface area is 172 Å². The first kappa shape index (κ1) is 19.5.